The molecule has 0 rings (SSSR count). The minimum atomic E-state index is -2.73. The van der Waals surface area contributed by atoms with Crippen molar-refractivity contribution in [3.8, 4) is 0 Å². The SMILES string of the molecule is FCC(Br)(Br)C(F)F. The Morgan fingerprint density at radius 3 is 1.75 bits per heavy atom. The van der Waals surface area contributed by atoms with Crippen molar-refractivity contribution < 1.29 is 13.2 Å². The monoisotopic (exact) mass is 254 g/mol. The molecule has 0 unspecified atom stereocenters. The summed E-state index contributed by atoms with van der Waals surface area (Å²) in [7, 11) is 0. The first kappa shape index (κ1) is 8.75. The highest BCUT2D eigenvalue weighted by Gasteiger charge is 2.34. The Balaban J connectivity index is 3.71. The van der Waals surface area contributed by atoms with Gasteiger partial charge in [-0.05, 0) is 0 Å². The van der Waals surface area contributed by atoms with Crippen molar-refractivity contribution in [3.05, 3.63) is 0 Å². The van der Waals surface area contributed by atoms with Crippen LogP contribution in [0.5, 0.6) is 0 Å². The number of hydrogen-bond acceptors (Lipinski definition) is 0. The van der Waals surface area contributed by atoms with Gasteiger partial charge < -0.3 is 0 Å². The van der Waals surface area contributed by atoms with E-state index >= 15 is 0 Å². The fourth-order valence-corrected chi connectivity index (χ4v) is 0.0583. The average Bonchev–Trinajstić information content (AvgIpc) is 1.67. The summed E-state index contributed by atoms with van der Waals surface area (Å²) in [4.78, 5) is 0. The quantitative estimate of drug-likeness (QED) is 0.666. The zero-order valence-electron chi connectivity index (χ0n) is 3.67. The van der Waals surface area contributed by atoms with E-state index in [0.29, 0.717) is 0 Å². The van der Waals surface area contributed by atoms with Crippen LogP contribution >= 0.6 is 31.9 Å². The molecule has 0 radical (unpaired) electrons. The van der Waals surface area contributed by atoms with E-state index in [-0.39, 0.29) is 0 Å². The van der Waals surface area contributed by atoms with Gasteiger partial charge in [-0.2, -0.15) is 0 Å². The van der Waals surface area contributed by atoms with Crippen LogP contribution in [0.25, 0.3) is 0 Å². The van der Waals surface area contributed by atoms with Crippen LogP contribution in [0.3, 0.4) is 0 Å². The highest BCUT2D eigenvalue weighted by molar-refractivity contribution is 9.25. The second kappa shape index (κ2) is 3.06. The van der Waals surface area contributed by atoms with Gasteiger partial charge in [0.2, 0.25) is 0 Å². The van der Waals surface area contributed by atoms with Gasteiger partial charge in [-0.3, -0.25) is 0 Å². The second-order valence-corrected chi connectivity index (χ2v) is 5.09. The van der Waals surface area contributed by atoms with Crippen molar-refractivity contribution in [2.75, 3.05) is 6.67 Å². The standard InChI is InChI=1S/C3H3Br2F3/c4-3(5,1-6)2(7)8/h2H,1H2. The molecule has 0 saturated heterocycles. The molecule has 0 nitrogen and oxygen atoms in total. The van der Waals surface area contributed by atoms with Gasteiger partial charge in [-0.1, -0.05) is 31.9 Å². The molecule has 0 aromatic rings. The maximum absolute atomic E-state index is 11.5. The smallest absolute Gasteiger partial charge is 0.248 e. The molecule has 0 aromatic carbocycles. The molecule has 0 bridgehead atoms. The Bertz CT molecular complexity index is 72.9. The average molecular weight is 256 g/mol. The fourth-order valence-electron chi connectivity index (χ4n) is 0.0583. The van der Waals surface area contributed by atoms with Crippen molar-refractivity contribution in [2.24, 2.45) is 0 Å². The third kappa shape index (κ3) is 2.35. The number of rotatable bonds is 2. The summed E-state index contributed by atoms with van der Waals surface area (Å²) in [5.41, 5.74) is 0. The summed E-state index contributed by atoms with van der Waals surface area (Å²) in [6.07, 6.45) is -2.73. The van der Waals surface area contributed by atoms with Crippen LogP contribution in [-0.2, 0) is 0 Å². The molecule has 0 fully saturated rings. The summed E-state index contributed by atoms with van der Waals surface area (Å²) in [5, 5.41) is 0. The molecule has 0 spiro atoms. The molecule has 0 aliphatic heterocycles. The number of alkyl halides is 5. The molecular formula is C3H3Br2F3. The Morgan fingerprint density at radius 1 is 1.38 bits per heavy atom. The summed E-state index contributed by atoms with van der Waals surface area (Å²) < 4.78 is 32.6. The lowest BCUT2D eigenvalue weighted by Gasteiger charge is -2.12. The molecule has 0 amide bonds. The van der Waals surface area contributed by atoms with Crippen molar-refractivity contribution >= 4 is 31.9 Å². The van der Waals surface area contributed by atoms with Gasteiger partial charge in [0.1, 0.15) is 6.67 Å². The summed E-state index contributed by atoms with van der Waals surface area (Å²) in [6.45, 7) is -1.13. The first-order chi connectivity index (χ1) is 3.50. The fraction of sp³-hybridized carbons (Fsp3) is 1.00. The molecule has 0 aromatic heterocycles. The second-order valence-electron chi connectivity index (χ2n) is 1.20. The van der Waals surface area contributed by atoms with Crippen LogP contribution in [0.1, 0.15) is 0 Å². The van der Waals surface area contributed by atoms with E-state index in [1.54, 1.807) is 0 Å². The Hall–Kier alpha value is 0.750. The topological polar surface area (TPSA) is 0 Å². The molecular weight excluding hydrogens is 253 g/mol. The van der Waals surface area contributed by atoms with Crippen molar-refractivity contribution in [1.29, 1.82) is 0 Å². The predicted octanol–water partition coefficient (Wildman–Crippen LogP) is 2.71. The van der Waals surface area contributed by atoms with E-state index < -0.39 is 16.3 Å². The minimum absolute atomic E-state index is 1.13. The number of hydrogen-bond donors (Lipinski definition) is 0. The lowest BCUT2D eigenvalue weighted by Crippen LogP contribution is -2.24. The highest BCUT2D eigenvalue weighted by Crippen LogP contribution is 2.33. The summed E-state index contributed by atoms with van der Waals surface area (Å²) in [5.74, 6) is 0. The Kier molecular flexibility index (Phi) is 3.34. The Labute approximate surface area is 61.7 Å². The van der Waals surface area contributed by atoms with E-state index in [1.165, 1.54) is 0 Å². The third-order valence-electron chi connectivity index (χ3n) is 0.497. The van der Waals surface area contributed by atoms with Gasteiger partial charge >= 0.3 is 0 Å². The predicted molar refractivity (Wildman–Crippen MR) is 32.6 cm³/mol. The van der Waals surface area contributed by atoms with Gasteiger partial charge in [0.15, 0.2) is 3.23 Å². The summed E-state index contributed by atoms with van der Waals surface area (Å²) >= 11 is 4.87. The Morgan fingerprint density at radius 2 is 1.75 bits per heavy atom. The zero-order valence-corrected chi connectivity index (χ0v) is 6.85. The third-order valence-corrected chi connectivity index (χ3v) is 1.61. The van der Waals surface area contributed by atoms with Gasteiger partial charge in [0.05, 0.1) is 0 Å². The molecule has 8 heavy (non-hydrogen) atoms. The normalized spacial score (nSPS) is 12.8. The molecule has 0 aliphatic carbocycles. The zero-order chi connectivity index (χ0) is 6.78. The van der Waals surface area contributed by atoms with Crippen LogP contribution in [0.15, 0.2) is 0 Å². The molecule has 0 heterocycles. The molecule has 0 N–H and O–H groups in total. The van der Waals surface area contributed by atoms with Crippen molar-refractivity contribution in [2.45, 2.75) is 9.66 Å². The molecule has 5 heteroatoms. The largest absolute Gasteiger partial charge is 0.265 e. The minimum Gasteiger partial charge on any atom is -0.248 e. The lowest BCUT2D eigenvalue weighted by molar-refractivity contribution is 0.127. The summed E-state index contributed by atoms with van der Waals surface area (Å²) in [6, 6.07) is 0. The first-order valence-corrected chi connectivity index (χ1v) is 3.31. The van der Waals surface area contributed by atoms with E-state index in [0.717, 1.165) is 0 Å². The highest BCUT2D eigenvalue weighted by atomic mass is 79.9. The maximum atomic E-state index is 11.5. The molecule has 0 saturated carbocycles. The van der Waals surface area contributed by atoms with E-state index in [4.69, 9.17) is 0 Å². The maximum Gasteiger partial charge on any atom is 0.265 e. The molecule has 50 valence electrons. The van der Waals surface area contributed by atoms with Crippen LogP contribution in [-0.4, -0.2) is 16.3 Å². The van der Waals surface area contributed by atoms with Gasteiger partial charge in [-0.15, -0.1) is 0 Å². The van der Waals surface area contributed by atoms with Crippen molar-refractivity contribution in [3.63, 3.8) is 0 Å². The van der Waals surface area contributed by atoms with Gasteiger partial charge in [0.25, 0.3) is 6.43 Å². The van der Waals surface area contributed by atoms with Crippen molar-refractivity contribution in [1.82, 2.24) is 0 Å². The van der Waals surface area contributed by atoms with Crippen LogP contribution in [0, 0.1) is 0 Å². The molecule has 0 aliphatic rings. The first-order valence-electron chi connectivity index (χ1n) is 1.72. The van der Waals surface area contributed by atoms with Crippen LogP contribution in [0.2, 0.25) is 0 Å². The van der Waals surface area contributed by atoms with Gasteiger partial charge in [-0.25, -0.2) is 13.2 Å². The van der Waals surface area contributed by atoms with E-state index in [1.807, 2.05) is 0 Å². The number of halogens is 5. The van der Waals surface area contributed by atoms with E-state index in [2.05, 4.69) is 31.9 Å². The van der Waals surface area contributed by atoms with Gasteiger partial charge in [0, 0.05) is 0 Å². The van der Waals surface area contributed by atoms with Crippen LogP contribution < -0.4 is 0 Å². The molecule has 0 atom stereocenters. The lowest BCUT2D eigenvalue weighted by atomic mass is 10.5. The van der Waals surface area contributed by atoms with E-state index in [9.17, 15) is 13.2 Å². The van der Waals surface area contributed by atoms with Crippen LogP contribution in [0.4, 0.5) is 13.2 Å².